The van der Waals surface area contributed by atoms with Gasteiger partial charge in [-0.2, -0.15) is 18.3 Å². The number of nitrogens with two attached hydrogens (primary N) is 1. The molecule has 1 aliphatic heterocycles. The zero-order chi connectivity index (χ0) is 26.9. The van der Waals surface area contributed by atoms with Gasteiger partial charge < -0.3 is 21.1 Å². The molecule has 1 saturated heterocycles. The second kappa shape index (κ2) is 10.3. The molecule has 5 rings (SSSR count). The summed E-state index contributed by atoms with van der Waals surface area (Å²) < 4.78 is 46.4. The zero-order valence-electron chi connectivity index (χ0n) is 20.5. The molecule has 1 atom stereocenters. The number of hydrogen-bond acceptors (Lipinski definition) is 7. The summed E-state index contributed by atoms with van der Waals surface area (Å²) in [5.41, 5.74) is 7.98. The van der Waals surface area contributed by atoms with Crippen LogP contribution in [-0.4, -0.2) is 45.9 Å². The Hall–Kier alpha value is -4.19. The van der Waals surface area contributed by atoms with Crippen LogP contribution in [0.5, 0.6) is 5.75 Å². The lowest BCUT2D eigenvalue weighted by atomic mass is 10.1. The average Bonchev–Trinajstić information content (AvgIpc) is 3.32. The number of halogens is 3. The number of ether oxygens (including phenoxy) is 1. The van der Waals surface area contributed by atoms with Crippen LogP contribution in [0, 0.1) is 0 Å². The Kier molecular flexibility index (Phi) is 6.89. The quantitative estimate of drug-likeness (QED) is 0.349. The van der Waals surface area contributed by atoms with Gasteiger partial charge in [0, 0.05) is 18.7 Å². The van der Waals surface area contributed by atoms with E-state index in [0.717, 1.165) is 55.3 Å². The number of anilines is 1. The first-order chi connectivity index (χ1) is 18.3. The number of methoxy groups -OCH3 is 1. The van der Waals surface area contributed by atoms with Crippen molar-refractivity contribution >= 4 is 22.8 Å². The highest BCUT2D eigenvalue weighted by atomic mass is 19.4. The van der Waals surface area contributed by atoms with Crippen LogP contribution < -0.4 is 21.1 Å². The van der Waals surface area contributed by atoms with Crippen molar-refractivity contribution in [2.24, 2.45) is 0 Å². The number of carbonyl (C=O) groups excluding carboxylic acids is 1. The molecule has 0 unspecified atom stereocenters. The molecule has 38 heavy (non-hydrogen) atoms. The summed E-state index contributed by atoms with van der Waals surface area (Å²) in [6, 6.07) is 10.3. The molecule has 0 spiro atoms. The van der Waals surface area contributed by atoms with E-state index in [9.17, 15) is 18.0 Å². The maximum Gasteiger partial charge on any atom is 0.416 e. The first kappa shape index (κ1) is 25.5. The SMILES string of the molecule is COc1ccc(C(F)(F)F)cc1C(=O)NCc1ccc(-c2nn([C@@H]3CCCNC3)c3ncnc(N)c23)cc1. The minimum Gasteiger partial charge on any atom is -0.496 e. The molecule has 0 aliphatic carbocycles. The molecule has 4 N–H and O–H groups in total. The van der Waals surface area contributed by atoms with E-state index in [-0.39, 0.29) is 23.9 Å². The Morgan fingerprint density at radius 3 is 2.68 bits per heavy atom. The van der Waals surface area contributed by atoms with E-state index in [1.165, 1.54) is 13.4 Å². The predicted octanol–water partition coefficient (Wildman–Crippen LogP) is 3.96. The van der Waals surface area contributed by atoms with Gasteiger partial charge in [0.15, 0.2) is 5.65 Å². The second-order valence-electron chi connectivity index (χ2n) is 9.04. The fraction of sp³-hybridized carbons (Fsp3) is 0.308. The van der Waals surface area contributed by atoms with E-state index in [1.54, 1.807) is 0 Å². The van der Waals surface area contributed by atoms with Crippen LogP contribution in [0.25, 0.3) is 22.3 Å². The third-order valence-corrected chi connectivity index (χ3v) is 6.59. The molecule has 0 bridgehead atoms. The van der Waals surface area contributed by atoms with Crippen molar-refractivity contribution < 1.29 is 22.7 Å². The summed E-state index contributed by atoms with van der Waals surface area (Å²) in [6.45, 7) is 1.86. The van der Waals surface area contributed by atoms with Gasteiger partial charge in [0.05, 0.1) is 29.7 Å². The monoisotopic (exact) mass is 525 g/mol. The average molecular weight is 526 g/mol. The van der Waals surface area contributed by atoms with Crippen molar-refractivity contribution in [2.75, 3.05) is 25.9 Å². The normalized spacial score (nSPS) is 15.9. The molecule has 3 heterocycles. The Morgan fingerprint density at radius 1 is 1.21 bits per heavy atom. The molecule has 2 aromatic carbocycles. The first-order valence-corrected chi connectivity index (χ1v) is 12.1. The molecule has 0 saturated carbocycles. The molecule has 9 nitrogen and oxygen atoms in total. The van der Waals surface area contributed by atoms with Crippen molar-refractivity contribution in [3.05, 3.63) is 65.5 Å². The number of aromatic nitrogens is 4. The summed E-state index contributed by atoms with van der Waals surface area (Å²) >= 11 is 0. The fourth-order valence-electron chi connectivity index (χ4n) is 4.61. The van der Waals surface area contributed by atoms with Gasteiger partial charge in [0.2, 0.25) is 0 Å². The van der Waals surface area contributed by atoms with Crippen LogP contribution in [0.2, 0.25) is 0 Å². The number of carbonyl (C=O) groups is 1. The number of amides is 1. The highest BCUT2D eigenvalue weighted by Gasteiger charge is 2.32. The topological polar surface area (TPSA) is 120 Å². The molecular weight excluding hydrogens is 499 g/mol. The molecule has 0 radical (unpaired) electrons. The minimum atomic E-state index is -4.57. The standard InChI is InChI=1S/C26H26F3N7O2/c1-38-20-9-8-17(26(27,28)29)11-19(20)25(37)32-12-15-4-6-16(7-5-15)22-21-23(30)33-14-34-24(21)36(35-22)18-3-2-10-31-13-18/h4-9,11,14,18,31H,2-3,10,12-13H2,1H3,(H,32,37)(H2,30,33,34)/t18-/m1/s1. The van der Waals surface area contributed by atoms with Gasteiger partial charge in [0.1, 0.15) is 23.6 Å². The Balaban J connectivity index is 1.37. The lowest BCUT2D eigenvalue weighted by Crippen LogP contribution is -2.32. The smallest absolute Gasteiger partial charge is 0.416 e. The Labute approximate surface area is 216 Å². The minimum absolute atomic E-state index is 0.0567. The maximum atomic E-state index is 13.1. The van der Waals surface area contributed by atoms with Gasteiger partial charge in [-0.3, -0.25) is 4.79 Å². The van der Waals surface area contributed by atoms with E-state index < -0.39 is 17.6 Å². The van der Waals surface area contributed by atoms with Gasteiger partial charge in [0.25, 0.3) is 5.91 Å². The summed E-state index contributed by atoms with van der Waals surface area (Å²) in [4.78, 5) is 21.3. The second-order valence-corrected chi connectivity index (χ2v) is 9.04. The number of nitrogens with zero attached hydrogens (tertiary/aromatic N) is 4. The van der Waals surface area contributed by atoms with Crippen molar-refractivity contribution in [3.63, 3.8) is 0 Å². The summed E-state index contributed by atoms with van der Waals surface area (Å²) in [7, 11) is 1.30. The van der Waals surface area contributed by atoms with Crippen LogP contribution in [0.15, 0.2) is 48.8 Å². The number of nitrogen functional groups attached to an aromatic ring is 1. The fourth-order valence-corrected chi connectivity index (χ4v) is 4.61. The van der Waals surface area contributed by atoms with Crippen molar-refractivity contribution in [1.29, 1.82) is 0 Å². The van der Waals surface area contributed by atoms with Gasteiger partial charge in [-0.15, -0.1) is 0 Å². The number of piperidine rings is 1. The molecular formula is C26H26F3N7O2. The Bertz CT molecular complexity index is 1460. The molecule has 1 aliphatic rings. The van der Waals surface area contributed by atoms with Crippen LogP contribution in [0.1, 0.15) is 40.4 Å². The third kappa shape index (κ3) is 4.99. The van der Waals surface area contributed by atoms with E-state index in [0.29, 0.717) is 22.5 Å². The van der Waals surface area contributed by atoms with Crippen LogP contribution >= 0.6 is 0 Å². The number of nitrogens with one attached hydrogen (secondary N) is 2. The number of benzene rings is 2. The molecule has 1 amide bonds. The van der Waals surface area contributed by atoms with Gasteiger partial charge in [-0.05, 0) is 43.1 Å². The lowest BCUT2D eigenvalue weighted by Gasteiger charge is -2.23. The highest BCUT2D eigenvalue weighted by molar-refractivity contribution is 5.98. The maximum absolute atomic E-state index is 13.1. The zero-order valence-corrected chi connectivity index (χ0v) is 20.5. The van der Waals surface area contributed by atoms with E-state index >= 15 is 0 Å². The van der Waals surface area contributed by atoms with Crippen molar-refractivity contribution in [1.82, 2.24) is 30.4 Å². The molecule has 12 heteroatoms. The number of alkyl halides is 3. The highest BCUT2D eigenvalue weighted by Crippen LogP contribution is 2.34. The largest absolute Gasteiger partial charge is 0.496 e. The van der Waals surface area contributed by atoms with E-state index in [2.05, 4.69) is 20.6 Å². The Morgan fingerprint density at radius 2 is 2.00 bits per heavy atom. The molecule has 4 aromatic rings. The first-order valence-electron chi connectivity index (χ1n) is 12.1. The van der Waals surface area contributed by atoms with Crippen molar-refractivity contribution in [2.45, 2.75) is 31.6 Å². The van der Waals surface area contributed by atoms with Crippen LogP contribution in [0.4, 0.5) is 19.0 Å². The number of rotatable bonds is 6. The van der Waals surface area contributed by atoms with Gasteiger partial charge >= 0.3 is 6.18 Å². The predicted molar refractivity (Wildman–Crippen MR) is 135 cm³/mol. The van der Waals surface area contributed by atoms with Gasteiger partial charge in [-0.25, -0.2) is 14.6 Å². The third-order valence-electron chi connectivity index (χ3n) is 6.59. The van der Waals surface area contributed by atoms with Crippen LogP contribution in [-0.2, 0) is 12.7 Å². The van der Waals surface area contributed by atoms with E-state index in [4.69, 9.17) is 15.6 Å². The molecule has 198 valence electrons. The van der Waals surface area contributed by atoms with Gasteiger partial charge in [-0.1, -0.05) is 24.3 Å². The summed E-state index contributed by atoms with van der Waals surface area (Å²) in [6.07, 6.45) is -1.13. The lowest BCUT2D eigenvalue weighted by molar-refractivity contribution is -0.137. The van der Waals surface area contributed by atoms with Crippen molar-refractivity contribution in [3.8, 4) is 17.0 Å². The summed E-state index contributed by atoms with van der Waals surface area (Å²) in [5.74, 6) is -0.277. The number of hydrogen-bond donors (Lipinski definition) is 3. The molecule has 1 fully saturated rings. The number of fused-ring (bicyclic) bond motifs is 1. The van der Waals surface area contributed by atoms with E-state index in [1.807, 2.05) is 28.9 Å². The summed E-state index contributed by atoms with van der Waals surface area (Å²) in [5, 5.41) is 11.6. The van der Waals surface area contributed by atoms with Crippen LogP contribution in [0.3, 0.4) is 0 Å². The molecule has 2 aromatic heterocycles.